The summed E-state index contributed by atoms with van der Waals surface area (Å²) in [5.41, 5.74) is 0. The first-order chi connectivity index (χ1) is 7.80. The van der Waals surface area contributed by atoms with Crippen LogP contribution in [0.25, 0.3) is 0 Å². The van der Waals surface area contributed by atoms with Gasteiger partial charge < -0.3 is 19.9 Å². The first kappa shape index (κ1) is 12.7. The molecule has 0 fully saturated rings. The molecule has 0 saturated carbocycles. The van der Waals surface area contributed by atoms with E-state index in [1.54, 1.807) is 13.1 Å². The molecule has 0 amide bonds. The maximum absolute atomic E-state index is 8.66. The van der Waals surface area contributed by atoms with E-state index >= 15 is 0 Å². The molecule has 16 heavy (non-hydrogen) atoms. The monoisotopic (exact) mass is 227 g/mol. The van der Waals surface area contributed by atoms with Crippen LogP contribution in [0.2, 0.25) is 0 Å². The molecular weight excluding hydrogens is 210 g/mol. The topological polar surface area (TPSA) is 76.5 Å². The second kappa shape index (κ2) is 6.97. The summed E-state index contributed by atoms with van der Waals surface area (Å²) < 4.78 is 10.4. The van der Waals surface area contributed by atoms with Crippen LogP contribution in [0.5, 0.6) is 5.88 Å². The van der Waals surface area contributed by atoms with Crippen LogP contribution >= 0.6 is 0 Å². The quantitative estimate of drug-likeness (QED) is 0.703. The van der Waals surface area contributed by atoms with E-state index in [-0.39, 0.29) is 13.2 Å². The van der Waals surface area contributed by atoms with Gasteiger partial charge >= 0.3 is 0 Å². The summed E-state index contributed by atoms with van der Waals surface area (Å²) in [4.78, 5) is 8.35. The van der Waals surface area contributed by atoms with Crippen LogP contribution in [0.4, 0.5) is 5.82 Å². The Hall–Kier alpha value is -1.40. The minimum absolute atomic E-state index is 0.0420. The van der Waals surface area contributed by atoms with E-state index in [1.807, 2.05) is 6.92 Å². The van der Waals surface area contributed by atoms with Gasteiger partial charge in [-0.25, -0.2) is 4.98 Å². The van der Waals surface area contributed by atoms with E-state index < -0.39 is 0 Å². The van der Waals surface area contributed by atoms with Crippen LogP contribution in [0.1, 0.15) is 12.7 Å². The number of nitrogens with one attached hydrogen (secondary N) is 1. The van der Waals surface area contributed by atoms with Crippen molar-refractivity contribution in [2.45, 2.75) is 13.5 Å². The van der Waals surface area contributed by atoms with Crippen molar-refractivity contribution in [3.63, 3.8) is 0 Å². The van der Waals surface area contributed by atoms with Crippen LogP contribution in [-0.4, -0.2) is 41.9 Å². The molecule has 0 aromatic carbocycles. The standard InChI is InChI=1S/C10H17N3O3/c1-3-15-7-9-12-8(11-2)6-10(13-9)16-5-4-14/h6,14H,3-5,7H2,1-2H3,(H,11,12,13). The Morgan fingerprint density at radius 1 is 1.44 bits per heavy atom. The van der Waals surface area contributed by atoms with Crippen molar-refractivity contribution in [1.82, 2.24) is 9.97 Å². The normalized spacial score (nSPS) is 10.2. The molecule has 0 unspecified atom stereocenters. The molecule has 0 bridgehead atoms. The van der Waals surface area contributed by atoms with Crippen LogP contribution in [0, 0.1) is 0 Å². The molecule has 90 valence electrons. The zero-order chi connectivity index (χ0) is 11.8. The number of aliphatic hydroxyl groups excluding tert-OH is 1. The summed E-state index contributed by atoms with van der Waals surface area (Å²) in [7, 11) is 1.77. The van der Waals surface area contributed by atoms with E-state index in [1.165, 1.54) is 0 Å². The first-order valence-electron chi connectivity index (χ1n) is 5.17. The Morgan fingerprint density at radius 2 is 2.25 bits per heavy atom. The van der Waals surface area contributed by atoms with Gasteiger partial charge in [0.1, 0.15) is 19.0 Å². The lowest BCUT2D eigenvalue weighted by atomic mass is 10.5. The highest BCUT2D eigenvalue weighted by Crippen LogP contribution is 2.13. The molecule has 0 aliphatic rings. The molecule has 6 heteroatoms. The van der Waals surface area contributed by atoms with Crippen molar-refractivity contribution in [2.24, 2.45) is 0 Å². The Balaban J connectivity index is 2.74. The van der Waals surface area contributed by atoms with Gasteiger partial charge in [-0.3, -0.25) is 0 Å². The number of hydrogen-bond donors (Lipinski definition) is 2. The van der Waals surface area contributed by atoms with Gasteiger partial charge in [-0.2, -0.15) is 4.98 Å². The van der Waals surface area contributed by atoms with Crippen LogP contribution in [0.15, 0.2) is 6.07 Å². The summed E-state index contributed by atoms with van der Waals surface area (Å²) in [5.74, 6) is 1.65. The fourth-order valence-electron chi connectivity index (χ4n) is 1.08. The molecule has 0 spiro atoms. The molecule has 1 heterocycles. The Kier molecular flexibility index (Phi) is 5.52. The highest BCUT2D eigenvalue weighted by atomic mass is 16.5. The molecule has 1 aromatic rings. The second-order valence-corrected chi connectivity index (χ2v) is 2.97. The van der Waals surface area contributed by atoms with Gasteiger partial charge in [-0.05, 0) is 6.92 Å². The number of anilines is 1. The van der Waals surface area contributed by atoms with Crippen molar-refractivity contribution in [3.05, 3.63) is 11.9 Å². The van der Waals surface area contributed by atoms with Gasteiger partial charge in [0.2, 0.25) is 5.88 Å². The maximum Gasteiger partial charge on any atom is 0.218 e. The van der Waals surface area contributed by atoms with Crippen molar-refractivity contribution >= 4 is 5.82 Å². The predicted molar refractivity (Wildman–Crippen MR) is 59.5 cm³/mol. The van der Waals surface area contributed by atoms with E-state index in [0.29, 0.717) is 30.7 Å². The van der Waals surface area contributed by atoms with Gasteiger partial charge in [0.15, 0.2) is 5.82 Å². The smallest absolute Gasteiger partial charge is 0.218 e. The summed E-state index contributed by atoms with van der Waals surface area (Å²) in [6.45, 7) is 3.04. The molecule has 0 atom stereocenters. The minimum atomic E-state index is -0.0420. The molecule has 6 nitrogen and oxygen atoms in total. The first-order valence-corrected chi connectivity index (χ1v) is 5.17. The van der Waals surface area contributed by atoms with Crippen molar-refractivity contribution in [2.75, 3.05) is 32.2 Å². The average Bonchev–Trinajstić information content (AvgIpc) is 2.33. The van der Waals surface area contributed by atoms with Crippen LogP contribution < -0.4 is 10.1 Å². The number of hydrogen-bond acceptors (Lipinski definition) is 6. The highest BCUT2D eigenvalue weighted by molar-refractivity contribution is 5.37. The number of ether oxygens (including phenoxy) is 2. The van der Waals surface area contributed by atoms with Crippen molar-refractivity contribution in [3.8, 4) is 5.88 Å². The number of rotatable bonds is 7. The third-order valence-corrected chi connectivity index (χ3v) is 1.78. The zero-order valence-electron chi connectivity index (χ0n) is 9.56. The Morgan fingerprint density at radius 3 is 2.88 bits per heavy atom. The summed E-state index contributed by atoms with van der Waals surface area (Å²) in [5, 5.41) is 11.6. The highest BCUT2D eigenvalue weighted by Gasteiger charge is 2.04. The Bertz CT molecular complexity index is 294. The number of aliphatic hydroxyl groups is 1. The fourth-order valence-corrected chi connectivity index (χ4v) is 1.08. The Labute approximate surface area is 94.6 Å². The molecule has 0 aliphatic carbocycles. The fraction of sp³-hybridized carbons (Fsp3) is 0.600. The van der Waals surface area contributed by atoms with Crippen LogP contribution in [0.3, 0.4) is 0 Å². The van der Waals surface area contributed by atoms with Crippen molar-refractivity contribution in [1.29, 1.82) is 0 Å². The summed E-state index contributed by atoms with van der Waals surface area (Å²) in [6, 6.07) is 1.67. The van der Waals surface area contributed by atoms with Crippen molar-refractivity contribution < 1.29 is 14.6 Å². The molecule has 2 N–H and O–H groups in total. The van der Waals surface area contributed by atoms with E-state index in [2.05, 4.69) is 15.3 Å². The third-order valence-electron chi connectivity index (χ3n) is 1.78. The average molecular weight is 227 g/mol. The largest absolute Gasteiger partial charge is 0.475 e. The molecule has 0 saturated heterocycles. The molecular formula is C10H17N3O3. The predicted octanol–water partition coefficient (Wildman–Crippen LogP) is 0.426. The van der Waals surface area contributed by atoms with Gasteiger partial charge in [-0.1, -0.05) is 0 Å². The van der Waals surface area contributed by atoms with E-state index in [9.17, 15) is 0 Å². The van der Waals surface area contributed by atoms with Gasteiger partial charge in [-0.15, -0.1) is 0 Å². The minimum Gasteiger partial charge on any atom is -0.475 e. The number of aromatic nitrogens is 2. The SMILES string of the molecule is CCOCc1nc(NC)cc(OCCO)n1. The number of nitrogens with zero attached hydrogens (tertiary/aromatic N) is 2. The van der Waals surface area contributed by atoms with Gasteiger partial charge in [0.05, 0.1) is 6.61 Å². The van der Waals surface area contributed by atoms with E-state index in [4.69, 9.17) is 14.6 Å². The lowest BCUT2D eigenvalue weighted by Gasteiger charge is -2.08. The lowest BCUT2D eigenvalue weighted by molar-refractivity contribution is 0.127. The zero-order valence-corrected chi connectivity index (χ0v) is 9.56. The molecule has 0 radical (unpaired) electrons. The molecule has 0 aliphatic heterocycles. The second-order valence-electron chi connectivity index (χ2n) is 2.97. The van der Waals surface area contributed by atoms with Crippen LogP contribution in [-0.2, 0) is 11.3 Å². The maximum atomic E-state index is 8.66. The summed E-state index contributed by atoms with van der Waals surface area (Å²) in [6.07, 6.45) is 0. The van der Waals surface area contributed by atoms with Gasteiger partial charge in [0, 0.05) is 19.7 Å². The third kappa shape index (κ3) is 4.00. The summed E-state index contributed by atoms with van der Waals surface area (Å²) >= 11 is 0. The molecule has 1 rings (SSSR count). The molecule has 1 aromatic heterocycles. The van der Waals surface area contributed by atoms with Gasteiger partial charge in [0.25, 0.3) is 0 Å². The lowest BCUT2D eigenvalue weighted by Crippen LogP contribution is -2.08. The van der Waals surface area contributed by atoms with E-state index in [0.717, 1.165) is 0 Å².